The minimum absolute atomic E-state index is 0.367. The molecule has 88 valence electrons. The van der Waals surface area contributed by atoms with Crippen molar-refractivity contribution in [3.63, 3.8) is 0 Å². The van der Waals surface area contributed by atoms with E-state index in [4.69, 9.17) is 5.11 Å². The molecule has 2 atom stereocenters. The van der Waals surface area contributed by atoms with Crippen molar-refractivity contribution in [1.29, 1.82) is 0 Å². The van der Waals surface area contributed by atoms with Crippen molar-refractivity contribution in [2.75, 3.05) is 19.7 Å². The Kier molecular flexibility index (Phi) is 4.45. The molecular formula is C13H25NO. The average molecular weight is 211 g/mol. The first kappa shape index (κ1) is 11.4. The predicted octanol–water partition coefficient (Wildman–Crippen LogP) is 2.41. The molecule has 2 heteroatoms. The lowest BCUT2D eigenvalue weighted by Gasteiger charge is -2.31. The standard InChI is InChI=1S/C13H25NO/c15-11-5-1-4-9-14-10-8-12-6-2-3-7-13(12)14/h12-13,15H,1-11H2. The first-order valence-electron chi connectivity index (χ1n) is 6.76. The maximum atomic E-state index is 8.73. The third-order valence-electron chi connectivity index (χ3n) is 4.23. The summed E-state index contributed by atoms with van der Waals surface area (Å²) in [6, 6.07) is 0.924. The monoisotopic (exact) mass is 211 g/mol. The second-order valence-electron chi connectivity index (χ2n) is 5.22. The molecule has 1 N–H and O–H groups in total. The highest BCUT2D eigenvalue weighted by Crippen LogP contribution is 2.36. The van der Waals surface area contributed by atoms with Crippen LogP contribution in [0.15, 0.2) is 0 Å². The Morgan fingerprint density at radius 2 is 1.87 bits per heavy atom. The molecule has 1 heterocycles. The van der Waals surface area contributed by atoms with Crippen LogP contribution in [0.2, 0.25) is 0 Å². The van der Waals surface area contributed by atoms with Gasteiger partial charge in [0.15, 0.2) is 0 Å². The normalized spacial score (nSPS) is 31.8. The molecule has 15 heavy (non-hydrogen) atoms. The van der Waals surface area contributed by atoms with Gasteiger partial charge in [-0.05, 0) is 57.5 Å². The number of nitrogens with zero attached hydrogens (tertiary/aromatic N) is 1. The topological polar surface area (TPSA) is 23.5 Å². The summed E-state index contributed by atoms with van der Waals surface area (Å²) in [6.45, 7) is 2.99. The summed E-state index contributed by atoms with van der Waals surface area (Å²) in [5.41, 5.74) is 0. The highest BCUT2D eigenvalue weighted by Gasteiger charge is 2.34. The largest absolute Gasteiger partial charge is 0.396 e. The zero-order chi connectivity index (χ0) is 10.5. The van der Waals surface area contributed by atoms with E-state index in [9.17, 15) is 0 Å². The van der Waals surface area contributed by atoms with Crippen molar-refractivity contribution >= 4 is 0 Å². The van der Waals surface area contributed by atoms with Gasteiger partial charge in [0.2, 0.25) is 0 Å². The summed E-state index contributed by atoms with van der Waals surface area (Å²) >= 11 is 0. The Balaban J connectivity index is 1.69. The smallest absolute Gasteiger partial charge is 0.0431 e. The lowest BCUT2D eigenvalue weighted by Crippen LogP contribution is -2.35. The first-order valence-corrected chi connectivity index (χ1v) is 6.76. The van der Waals surface area contributed by atoms with Crippen molar-refractivity contribution in [1.82, 2.24) is 4.90 Å². The van der Waals surface area contributed by atoms with E-state index < -0.39 is 0 Å². The van der Waals surface area contributed by atoms with Crippen LogP contribution >= 0.6 is 0 Å². The van der Waals surface area contributed by atoms with Crippen LogP contribution in [0.5, 0.6) is 0 Å². The van der Waals surface area contributed by atoms with E-state index in [1.165, 1.54) is 58.0 Å². The van der Waals surface area contributed by atoms with Crippen LogP contribution in [0.1, 0.15) is 51.4 Å². The molecule has 2 unspecified atom stereocenters. The van der Waals surface area contributed by atoms with Crippen LogP contribution in [0.25, 0.3) is 0 Å². The zero-order valence-corrected chi connectivity index (χ0v) is 9.83. The van der Waals surface area contributed by atoms with E-state index in [1.807, 2.05) is 0 Å². The van der Waals surface area contributed by atoms with Crippen molar-refractivity contribution in [2.24, 2.45) is 5.92 Å². The van der Waals surface area contributed by atoms with Crippen LogP contribution in [-0.2, 0) is 0 Å². The van der Waals surface area contributed by atoms with Gasteiger partial charge in [0.05, 0.1) is 0 Å². The molecule has 0 spiro atoms. The molecular weight excluding hydrogens is 186 g/mol. The van der Waals surface area contributed by atoms with E-state index in [1.54, 1.807) is 0 Å². The van der Waals surface area contributed by atoms with Crippen LogP contribution in [0.4, 0.5) is 0 Å². The number of aliphatic hydroxyl groups is 1. The zero-order valence-electron chi connectivity index (χ0n) is 9.83. The van der Waals surface area contributed by atoms with Crippen molar-refractivity contribution < 1.29 is 5.11 Å². The SMILES string of the molecule is OCCCCCN1CCC2CCCCC21. The molecule has 2 aliphatic rings. The summed E-state index contributed by atoms with van der Waals surface area (Å²) in [7, 11) is 0. The maximum Gasteiger partial charge on any atom is 0.0431 e. The van der Waals surface area contributed by atoms with Gasteiger partial charge in [0.25, 0.3) is 0 Å². The lowest BCUT2D eigenvalue weighted by atomic mass is 9.85. The van der Waals surface area contributed by atoms with Gasteiger partial charge >= 0.3 is 0 Å². The number of fused-ring (bicyclic) bond motifs is 1. The van der Waals surface area contributed by atoms with Crippen LogP contribution in [-0.4, -0.2) is 35.7 Å². The average Bonchev–Trinajstić information content (AvgIpc) is 2.68. The molecule has 1 aliphatic heterocycles. The van der Waals surface area contributed by atoms with E-state index in [-0.39, 0.29) is 0 Å². The fourth-order valence-corrected chi connectivity index (χ4v) is 3.38. The number of unbranched alkanes of at least 4 members (excludes halogenated alkanes) is 2. The minimum atomic E-state index is 0.367. The van der Waals surface area contributed by atoms with Crippen molar-refractivity contribution in [2.45, 2.75) is 57.4 Å². The summed E-state index contributed by atoms with van der Waals surface area (Å²) in [4.78, 5) is 2.72. The Hall–Kier alpha value is -0.0800. The number of aliphatic hydroxyl groups excluding tert-OH is 1. The number of hydrogen-bond donors (Lipinski definition) is 1. The fraction of sp³-hybridized carbons (Fsp3) is 1.00. The molecule has 0 aromatic carbocycles. The maximum absolute atomic E-state index is 8.73. The van der Waals surface area contributed by atoms with E-state index >= 15 is 0 Å². The van der Waals surface area contributed by atoms with E-state index in [0.717, 1.165) is 18.4 Å². The molecule has 1 saturated heterocycles. The van der Waals surface area contributed by atoms with E-state index in [0.29, 0.717) is 6.61 Å². The third-order valence-corrected chi connectivity index (χ3v) is 4.23. The summed E-state index contributed by atoms with van der Waals surface area (Å²) in [6.07, 6.45) is 10.8. The van der Waals surface area contributed by atoms with Gasteiger partial charge in [-0.1, -0.05) is 12.8 Å². The Labute approximate surface area is 93.7 Å². The van der Waals surface area contributed by atoms with Gasteiger partial charge in [-0.3, -0.25) is 0 Å². The van der Waals surface area contributed by atoms with Crippen molar-refractivity contribution in [3.8, 4) is 0 Å². The minimum Gasteiger partial charge on any atom is -0.396 e. The van der Waals surface area contributed by atoms with Gasteiger partial charge in [-0.2, -0.15) is 0 Å². The molecule has 2 rings (SSSR count). The predicted molar refractivity (Wildman–Crippen MR) is 62.9 cm³/mol. The Morgan fingerprint density at radius 1 is 1.00 bits per heavy atom. The van der Waals surface area contributed by atoms with Crippen LogP contribution in [0.3, 0.4) is 0 Å². The van der Waals surface area contributed by atoms with Gasteiger partial charge in [0, 0.05) is 12.6 Å². The highest BCUT2D eigenvalue weighted by molar-refractivity contribution is 4.89. The van der Waals surface area contributed by atoms with Gasteiger partial charge in [-0.25, -0.2) is 0 Å². The molecule has 0 bridgehead atoms. The summed E-state index contributed by atoms with van der Waals surface area (Å²) in [5, 5.41) is 8.73. The number of hydrogen-bond acceptors (Lipinski definition) is 2. The third kappa shape index (κ3) is 2.94. The van der Waals surface area contributed by atoms with Gasteiger partial charge < -0.3 is 10.0 Å². The van der Waals surface area contributed by atoms with Crippen molar-refractivity contribution in [3.05, 3.63) is 0 Å². The number of likely N-dealkylation sites (tertiary alicyclic amines) is 1. The Morgan fingerprint density at radius 3 is 2.73 bits per heavy atom. The molecule has 2 nitrogen and oxygen atoms in total. The quantitative estimate of drug-likeness (QED) is 0.706. The first-order chi connectivity index (χ1) is 7.42. The summed E-state index contributed by atoms with van der Waals surface area (Å²) < 4.78 is 0. The molecule has 0 aromatic rings. The van der Waals surface area contributed by atoms with E-state index in [2.05, 4.69) is 4.90 Å². The lowest BCUT2D eigenvalue weighted by molar-refractivity contribution is 0.178. The van der Waals surface area contributed by atoms with Crippen LogP contribution in [0, 0.1) is 5.92 Å². The van der Waals surface area contributed by atoms with Gasteiger partial charge in [-0.15, -0.1) is 0 Å². The fourth-order valence-electron chi connectivity index (χ4n) is 3.38. The second kappa shape index (κ2) is 5.86. The molecule has 0 aromatic heterocycles. The van der Waals surface area contributed by atoms with Crippen LogP contribution < -0.4 is 0 Å². The molecule has 1 saturated carbocycles. The molecule has 0 amide bonds. The molecule has 0 radical (unpaired) electrons. The molecule has 1 aliphatic carbocycles. The van der Waals surface area contributed by atoms with Gasteiger partial charge in [0.1, 0.15) is 0 Å². The Bertz CT molecular complexity index is 183. The number of rotatable bonds is 5. The summed E-state index contributed by atoms with van der Waals surface area (Å²) in [5.74, 6) is 1.02. The molecule has 2 fully saturated rings. The second-order valence-corrected chi connectivity index (χ2v) is 5.22. The highest BCUT2D eigenvalue weighted by atomic mass is 16.2.